The Balaban J connectivity index is 1.40. The molecule has 1 aliphatic heterocycles. The highest BCUT2D eigenvalue weighted by molar-refractivity contribution is 7.71. The van der Waals surface area contributed by atoms with Gasteiger partial charge >= 0.3 is 0 Å². The van der Waals surface area contributed by atoms with Gasteiger partial charge in [-0.05, 0) is 60.7 Å². The Morgan fingerprint density at radius 2 is 1.74 bits per heavy atom. The van der Waals surface area contributed by atoms with Gasteiger partial charge in [0.05, 0.1) is 25.0 Å². The standard InChI is InChI=1S/C25H24N8OS/c1-34-22-6-4-21(5-7-22)33-24(19-8-11-27-12-9-19)29-32(25(33)35)18-30-13-15-31(16-14-30)23-20(17-26)3-2-10-28-23/h2-12H,13-16,18H2,1H3. The molecule has 3 aromatic heterocycles. The maximum Gasteiger partial charge on any atom is 0.204 e. The van der Waals surface area contributed by atoms with Gasteiger partial charge in [0.1, 0.15) is 17.6 Å². The third-order valence-corrected chi connectivity index (χ3v) is 6.41. The highest BCUT2D eigenvalue weighted by Crippen LogP contribution is 2.24. The molecule has 4 heterocycles. The molecule has 0 N–H and O–H groups in total. The summed E-state index contributed by atoms with van der Waals surface area (Å²) >= 11 is 5.89. The van der Waals surface area contributed by atoms with E-state index in [0.29, 0.717) is 17.0 Å². The number of nitrogens with zero attached hydrogens (tertiary/aromatic N) is 8. The minimum absolute atomic E-state index is 0.571. The maximum absolute atomic E-state index is 9.41. The molecule has 1 aromatic carbocycles. The van der Waals surface area contributed by atoms with Crippen molar-refractivity contribution in [3.05, 3.63) is 77.5 Å². The van der Waals surface area contributed by atoms with Gasteiger partial charge in [-0.3, -0.25) is 14.5 Å². The fourth-order valence-corrected chi connectivity index (χ4v) is 4.47. The Hall–Kier alpha value is -4.07. The summed E-state index contributed by atoms with van der Waals surface area (Å²) in [7, 11) is 1.65. The van der Waals surface area contributed by atoms with E-state index < -0.39 is 0 Å². The van der Waals surface area contributed by atoms with Crippen molar-refractivity contribution in [1.29, 1.82) is 5.26 Å². The number of methoxy groups -OCH3 is 1. The fraction of sp³-hybridized carbons (Fsp3) is 0.240. The van der Waals surface area contributed by atoms with E-state index in [1.165, 1.54) is 0 Å². The monoisotopic (exact) mass is 484 g/mol. The molecule has 0 radical (unpaired) electrons. The van der Waals surface area contributed by atoms with E-state index in [9.17, 15) is 5.26 Å². The molecule has 0 bridgehead atoms. The zero-order chi connectivity index (χ0) is 24.2. The van der Waals surface area contributed by atoms with Crippen LogP contribution in [-0.4, -0.2) is 62.5 Å². The van der Waals surface area contributed by atoms with Crippen molar-refractivity contribution in [2.45, 2.75) is 6.67 Å². The molecule has 4 aromatic rings. The predicted octanol–water partition coefficient (Wildman–Crippen LogP) is 3.52. The van der Waals surface area contributed by atoms with E-state index in [-0.39, 0.29) is 0 Å². The third-order valence-electron chi connectivity index (χ3n) is 6.02. The van der Waals surface area contributed by atoms with Crippen LogP contribution in [0.15, 0.2) is 67.1 Å². The van der Waals surface area contributed by atoms with Crippen molar-refractivity contribution in [3.8, 4) is 28.9 Å². The lowest BCUT2D eigenvalue weighted by Crippen LogP contribution is -2.47. The number of rotatable bonds is 6. The number of nitriles is 1. The number of piperazine rings is 1. The molecule has 1 saturated heterocycles. The van der Waals surface area contributed by atoms with E-state index in [0.717, 1.165) is 54.8 Å². The Labute approximate surface area is 208 Å². The van der Waals surface area contributed by atoms with Crippen LogP contribution in [0.25, 0.3) is 17.1 Å². The molecule has 5 rings (SSSR count). The van der Waals surface area contributed by atoms with Gasteiger partial charge in [0, 0.05) is 50.3 Å². The molecule has 176 valence electrons. The number of benzene rings is 1. The SMILES string of the molecule is COc1ccc(-n2c(-c3ccncc3)nn(CN3CCN(c4ncccc4C#N)CC3)c2=S)cc1. The minimum Gasteiger partial charge on any atom is -0.497 e. The van der Waals surface area contributed by atoms with Gasteiger partial charge in [-0.1, -0.05) is 0 Å². The van der Waals surface area contributed by atoms with E-state index in [4.69, 9.17) is 22.1 Å². The zero-order valence-electron chi connectivity index (χ0n) is 19.3. The number of pyridine rings is 2. The molecule has 1 fully saturated rings. The first-order valence-corrected chi connectivity index (χ1v) is 11.7. The van der Waals surface area contributed by atoms with Gasteiger partial charge in [-0.2, -0.15) is 5.26 Å². The molecule has 9 nitrogen and oxygen atoms in total. The fourth-order valence-electron chi connectivity index (χ4n) is 4.18. The summed E-state index contributed by atoms with van der Waals surface area (Å²) in [6, 6.07) is 17.5. The van der Waals surface area contributed by atoms with Crippen molar-refractivity contribution >= 4 is 18.0 Å². The average Bonchev–Trinajstić information content (AvgIpc) is 3.25. The van der Waals surface area contributed by atoms with E-state index in [1.54, 1.807) is 37.8 Å². The minimum atomic E-state index is 0.571. The lowest BCUT2D eigenvalue weighted by atomic mass is 10.2. The van der Waals surface area contributed by atoms with Crippen LogP contribution in [0.5, 0.6) is 5.75 Å². The molecule has 0 atom stereocenters. The second-order valence-corrected chi connectivity index (χ2v) is 8.47. The van der Waals surface area contributed by atoms with Crippen LogP contribution in [0.2, 0.25) is 0 Å². The summed E-state index contributed by atoms with van der Waals surface area (Å²) in [6.45, 7) is 3.73. The van der Waals surface area contributed by atoms with Gasteiger partial charge in [0.2, 0.25) is 4.77 Å². The van der Waals surface area contributed by atoms with Gasteiger partial charge in [-0.25, -0.2) is 9.67 Å². The van der Waals surface area contributed by atoms with Crippen molar-refractivity contribution in [2.75, 3.05) is 38.2 Å². The lowest BCUT2D eigenvalue weighted by molar-refractivity contribution is 0.194. The third kappa shape index (κ3) is 4.64. The number of ether oxygens (including phenoxy) is 1. The second-order valence-electron chi connectivity index (χ2n) is 8.11. The molecule has 10 heteroatoms. The van der Waals surface area contributed by atoms with Crippen molar-refractivity contribution in [2.24, 2.45) is 0 Å². The van der Waals surface area contributed by atoms with Crippen molar-refractivity contribution in [1.82, 2.24) is 29.2 Å². The molecule has 1 aliphatic rings. The number of hydrogen-bond acceptors (Lipinski definition) is 8. The van der Waals surface area contributed by atoms with Gasteiger partial charge in [0.25, 0.3) is 0 Å². The number of aromatic nitrogens is 5. The first kappa shape index (κ1) is 22.7. The Bertz CT molecular complexity index is 1400. The van der Waals surface area contributed by atoms with E-state index in [1.807, 2.05) is 45.6 Å². The van der Waals surface area contributed by atoms with Crippen LogP contribution < -0.4 is 9.64 Å². The summed E-state index contributed by atoms with van der Waals surface area (Å²) in [5.41, 5.74) is 2.45. The average molecular weight is 485 g/mol. The number of hydrogen-bond donors (Lipinski definition) is 0. The summed E-state index contributed by atoms with van der Waals surface area (Å²) in [4.78, 5) is 13.0. The topological polar surface area (TPSA) is 88.0 Å². The van der Waals surface area contributed by atoms with E-state index >= 15 is 0 Å². The lowest BCUT2D eigenvalue weighted by Gasteiger charge is -2.35. The summed E-state index contributed by atoms with van der Waals surface area (Å²) in [6.07, 6.45) is 5.23. The smallest absolute Gasteiger partial charge is 0.204 e. The maximum atomic E-state index is 9.41. The highest BCUT2D eigenvalue weighted by Gasteiger charge is 2.22. The number of anilines is 1. The van der Waals surface area contributed by atoms with Crippen LogP contribution in [0.1, 0.15) is 5.56 Å². The molecule has 0 spiro atoms. The molecule has 35 heavy (non-hydrogen) atoms. The molecule has 0 amide bonds. The Morgan fingerprint density at radius 3 is 2.43 bits per heavy atom. The quantitative estimate of drug-likeness (QED) is 0.384. The summed E-state index contributed by atoms with van der Waals surface area (Å²) in [5, 5.41) is 14.3. The first-order chi connectivity index (χ1) is 17.2. The second kappa shape index (κ2) is 10.0. The normalized spacial score (nSPS) is 14.0. The predicted molar refractivity (Wildman–Crippen MR) is 135 cm³/mol. The van der Waals surface area contributed by atoms with Crippen LogP contribution in [0.3, 0.4) is 0 Å². The molecular weight excluding hydrogens is 460 g/mol. The zero-order valence-corrected chi connectivity index (χ0v) is 20.1. The van der Waals surface area contributed by atoms with Crippen LogP contribution >= 0.6 is 12.2 Å². The van der Waals surface area contributed by atoms with Crippen molar-refractivity contribution in [3.63, 3.8) is 0 Å². The first-order valence-electron chi connectivity index (χ1n) is 11.2. The Kier molecular flexibility index (Phi) is 6.52. The van der Waals surface area contributed by atoms with Crippen LogP contribution in [0, 0.1) is 16.1 Å². The van der Waals surface area contributed by atoms with Crippen LogP contribution in [-0.2, 0) is 6.67 Å². The van der Waals surface area contributed by atoms with Gasteiger partial charge in [-0.15, -0.1) is 5.10 Å². The highest BCUT2D eigenvalue weighted by atomic mass is 32.1. The van der Waals surface area contributed by atoms with Gasteiger partial charge in [0.15, 0.2) is 5.82 Å². The molecule has 0 aliphatic carbocycles. The summed E-state index contributed by atoms with van der Waals surface area (Å²) in [5.74, 6) is 2.28. The molecule has 0 saturated carbocycles. The molecule has 0 unspecified atom stereocenters. The summed E-state index contributed by atoms with van der Waals surface area (Å²) < 4.78 is 9.77. The van der Waals surface area contributed by atoms with Gasteiger partial charge < -0.3 is 9.64 Å². The van der Waals surface area contributed by atoms with Crippen LogP contribution in [0.4, 0.5) is 5.82 Å². The van der Waals surface area contributed by atoms with Crippen molar-refractivity contribution < 1.29 is 4.74 Å². The Morgan fingerprint density at radius 1 is 1.00 bits per heavy atom. The van der Waals surface area contributed by atoms with E-state index in [2.05, 4.69) is 25.8 Å². The largest absolute Gasteiger partial charge is 0.497 e. The molecular formula is C25H24N8OS.